The number of piperidine rings is 1. The van der Waals surface area contributed by atoms with Crippen LogP contribution < -0.4 is 5.32 Å². The maximum absolute atomic E-state index is 13.1. The van der Waals surface area contributed by atoms with Gasteiger partial charge in [-0.1, -0.05) is 19.1 Å². The van der Waals surface area contributed by atoms with E-state index in [-0.39, 0.29) is 11.7 Å². The van der Waals surface area contributed by atoms with Crippen molar-refractivity contribution in [2.75, 3.05) is 19.6 Å². The zero-order valence-electron chi connectivity index (χ0n) is 13.6. The lowest BCUT2D eigenvalue weighted by molar-refractivity contribution is -0.121. The largest absolute Gasteiger partial charge is 0.355 e. The molecular formula is C18H27FN2O. The molecule has 3 nitrogen and oxygen atoms in total. The van der Waals surface area contributed by atoms with Gasteiger partial charge in [-0.05, 0) is 62.9 Å². The van der Waals surface area contributed by atoms with E-state index in [0.717, 1.165) is 24.6 Å². The smallest absolute Gasteiger partial charge is 0.220 e. The molecule has 1 aliphatic rings. The second-order valence-electron chi connectivity index (χ2n) is 6.50. The van der Waals surface area contributed by atoms with Gasteiger partial charge in [0.2, 0.25) is 5.91 Å². The summed E-state index contributed by atoms with van der Waals surface area (Å²) in [5.41, 5.74) is 0.869. The number of nitrogens with one attached hydrogen (secondary N) is 1. The summed E-state index contributed by atoms with van der Waals surface area (Å²) < 4.78 is 13.1. The van der Waals surface area contributed by atoms with Crippen LogP contribution in [0.4, 0.5) is 4.39 Å². The molecule has 1 aliphatic heterocycles. The number of hydrogen-bond acceptors (Lipinski definition) is 2. The number of amides is 1. The standard InChI is InChI=1S/C18H27FN2O/c1-14-8-10-21(11-9-14)15(2)13-20-18(22)7-6-16-4-3-5-17(19)12-16/h3-5,12,14-15H,6-11,13H2,1-2H3,(H,20,22). The lowest BCUT2D eigenvalue weighted by Gasteiger charge is -2.35. The van der Waals surface area contributed by atoms with Crippen LogP contribution in [0, 0.1) is 11.7 Å². The van der Waals surface area contributed by atoms with Gasteiger partial charge in [0, 0.05) is 19.0 Å². The van der Waals surface area contributed by atoms with E-state index in [4.69, 9.17) is 0 Å². The van der Waals surface area contributed by atoms with Gasteiger partial charge in [0.25, 0.3) is 0 Å². The first kappa shape index (κ1) is 16.9. The molecule has 1 amide bonds. The highest BCUT2D eigenvalue weighted by Gasteiger charge is 2.20. The van der Waals surface area contributed by atoms with Crippen molar-refractivity contribution in [3.8, 4) is 0 Å². The fourth-order valence-corrected chi connectivity index (χ4v) is 2.90. The Labute approximate surface area is 132 Å². The molecule has 0 aromatic heterocycles. The SMILES string of the molecule is CC1CCN(C(C)CNC(=O)CCc2cccc(F)c2)CC1. The number of nitrogens with zero attached hydrogens (tertiary/aromatic N) is 1. The Morgan fingerprint density at radius 1 is 1.41 bits per heavy atom. The Morgan fingerprint density at radius 3 is 2.82 bits per heavy atom. The van der Waals surface area contributed by atoms with Crippen molar-refractivity contribution < 1.29 is 9.18 Å². The average molecular weight is 306 g/mol. The summed E-state index contributed by atoms with van der Waals surface area (Å²) in [5, 5.41) is 3.00. The molecule has 0 aliphatic carbocycles. The van der Waals surface area contributed by atoms with Gasteiger partial charge in [0.05, 0.1) is 0 Å². The van der Waals surface area contributed by atoms with Crippen LogP contribution in [0.2, 0.25) is 0 Å². The minimum Gasteiger partial charge on any atom is -0.355 e. The van der Waals surface area contributed by atoms with Crippen LogP contribution in [-0.2, 0) is 11.2 Å². The van der Waals surface area contributed by atoms with Gasteiger partial charge in [-0.3, -0.25) is 9.69 Å². The summed E-state index contributed by atoms with van der Waals surface area (Å²) in [6.07, 6.45) is 3.49. The summed E-state index contributed by atoms with van der Waals surface area (Å²) in [6, 6.07) is 6.83. The van der Waals surface area contributed by atoms with E-state index < -0.39 is 0 Å². The van der Waals surface area contributed by atoms with Gasteiger partial charge in [-0.15, -0.1) is 0 Å². The first-order valence-corrected chi connectivity index (χ1v) is 8.30. The van der Waals surface area contributed by atoms with Crippen LogP contribution in [0.3, 0.4) is 0 Å². The van der Waals surface area contributed by atoms with Crippen molar-refractivity contribution >= 4 is 5.91 Å². The molecule has 1 fully saturated rings. The molecule has 1 aromatic rings. The van der Waals surface area contributed by atoms with Gasteiger partial charge in [0.15, 0.2) is 0 Å². The van der Waals surface area contributed by atoms with E-state index in [1.165, 1.54) is 25.0 Å². The highest BCUT2D eigenvalue weighted by molar-refractivity contribution is 5.76. The third kappa shape index (κ3) is 5.41. The van der Waals surface area contributed by atoms with Crippen molar-refractivity contribution in [1.82, 2.24) is 10.2 Å². The van der Waals surface area contributed by atoms with E-state index >= 15 is 0 Å². The first-order chi connectivity index (χ1) is 10.5. The molecule has 22 heavy (non-hydrogen) atoms. The Balaban J connectivity index is 1.67. The topological polar surface area (TPSA) is 32.3 Å². The van der Waals surface area contributed by atoms with E-state index in [2.05, 4.69) is 24.1 Å². The summed E-state index contributed by atoms with van der Waals surface area (Å²) in [7, 11) is 0. The van der Waals surface area contributed by atoms with Crippen LogP contribution >= 0.6 is 0 Å². The summed E-state index contributed by atoms with van der Waals surface area (Å²) in [5.74, 6) is 0.622. The van der Waals surface area contributed by atoms with Crippen molar-refractivity contribution in [1.29, 1.82) is 0 Å². The highest BCUT2D eigenvalue weighted by Crippen LogP contribution is 2.17. The molecule has 2 rings (SSSR count). The summed E-state index contributed by atoms with van der Waals surface area (Å²) >= 11 is 0. The molecule has 0 saturated carbocycles. The van der Waals surface area contributed by atoms with Crippen LogP contribution in [0.15, 0.2) is 24.3 Å². The fourth-order valence-electron chi connectivity index (χ4n) is 2.90. The third-order valence-electron chi connectivity index (χ3n) is 4.57. The number of hydrogen-bond donors (Lipinski definition) is 1. The van der Waals surface area contributed by atoms with Gasteiger partial charge >= 0.3 is 0 Å². The predicted molar refractivity (Wildman–Crippen MR) is 87.2 cm³/mol. The predicted octanol–water partition coefficient (Wildman–Crippen LogP) is 2.99. The second kappa shape index (κ2) is 8.28. The number of carbonyl (C=O) groups excluding carboxylic acids is 1. The molecular weight excluding hydrogens is 279 g/mol. The minimum absolute atomic E-state index is 0.0430. The van der Waals surface area contributed by atoms with Gasteiger partial charge in [0.1, 0.15) is 5.82 Å². The molecule has 1 atom stereocenters. The van der Waals surface area contributed by atoms with Gasteiger partial charge in [-0.25, -0.2) is 4.39 Å². The van der Waals surface area contributed by atoms with Gasteiger partial charge in [-0.2, -0.15) is 0 Å². The molecule has 0 radical (unpaired) electrons. The Morgan fingerprint density at radius 2 is 2.14 bits per heavy atom. The number of likely N-dealkylation sites (tertiary alicyclic amines) is 1. The van der Waals surface area contributed by atoms with Crippen molar-refractivity contribution in [2.24, 2.45) is 5.92 Å². The van der Waals surface area contributed by atoms with Crippen molar-refractivity contribution in [3.63, 3.8) is 0 Å². The lowest BCUT2D eigenvalue weighted by Crippen LogP contribution is -2.45. The monoisotopic (exact) mass is 306 g/mol. The third-order valence-corrected chi connectivity index (χ3v) is 4.57. The second-order valence-corrected chi connectivity index (χ2v) is 6.50. The molecule has 1 N–H and O–H groups in total. The molecule has 0 spiro atoms. The normalized spacial score (nSPS) is 18.1. The van der Waals surface area contributed by atoms with Crippen molar-refractivity contribution in [3.05, 3.63) is 35.6 Å². The van der Waals surface area contributed by atoms with Crippen LogP contribution in [-0.4, -0.2) is 36.5 Å². The quantitative estimate of drug-likeness (QED) is 0.876. The Bertz CT molecular complexity index is 484. The van der Waals surface area contributed by atoms with Crippen LogP contribution in [0.1, 0.15) is 38.7 Å². The van der Waals surface area contributed by atoms with Crippen LogP contribution in [0.5, 0.6) is 0 Å². The molecule has 1 unspecified atom stereocenters. The molecule has 4 heteroatoms. The van der Waals surface area contributed by atoms with E-state index in [1.54, 1.807) is 6.07 Å². The van der Waals surface area contributed by atoms with Crippen LogP contribution in [0.25, 0.3) is 0 Å². The first-order valence-electron chi connectivity index (χ1n) is 8.30. The fraction of sp³-hybridized carbons (Fsp3) is 0.611. The summed E-state index contributed by atoms with van der Waals surface area (Å²) in [6.45, 7) is 7.42. The molecule has 0 bridgehead atoms. The number of benzene rings is 1. The van der Waals surface area contributed by atoms with Crippen molar-refractivity contribution in [2.45, 2.75) is 45.6 Å². The highest BCUT2D eigenvalue weighted by atomic mass is 19.1. The number of aryl methyl sites for hydroxylation is 1. The minimum atomic E-state index is -0.245. The Kier molecular flexibility index (Phi) is 6.37. The zero-order valence-corrected chi connectivity index (χ0v) is 13.6. The molecule has 1 saturated heterocycles. The van der Waals surface area contributed by atoms with E-state index in [9.17, 15) is 9.18 Å². The Hall–Kier alpha value is -1.42. The lowest BCUT2D eigenvalue weighted by atomic mass is 9.98. The van der Waals surface area contributed by atoms with E-state index in [1.807, 2.05) is 6.07 Å². The number of rotatable bonds is 6. The number of carbonyl (C=O) groups is 1. The molecule has 1 heterocycles. The maximum Gasteiger partial charge on any atom is 0.220 e. The summed E-state index contributed by atoms with van der Waals surface area (Å²) in [4.78, 5) is 14.4. The van der Waals surface area contributed by atoms with E-state index in [0.29, 0.717) is 25.4 Å². The molecule has 122 valence electrons. The maximum atomic E-state index is 13.1. The zero-order chi connectivity index (χ0) is 15.9. The number of halogens is 1. The average Bonchev–Trinajstić information content (AvgIpc) is 2.51. The van der Waals surface area contributed by atoms with Gasteiger partial charge < -0.3 is 5.32 Å². The molecule has 1 aromatic carbocycles.